The Bertz CT molecular complexity index is 189. The van der Waals surface area contributed by atoms with Gasteiger partial charge in [-0.15, -0.1) is 0 Å². The summed E-state index contributed by atoms with van der Waals surface area (Å²) in [6.45, 7) is 10.1. The smallest absolute Gasteiger partial charge is 0.0885 e. The average Bonchev–Trinajstić information content (AvgIpc) is 2.19. The van der Waals surface area contributed by atoms with E-state index in [4.69, 9.17) is 4.74 Å². The second kappa shape index (κ2) is 6.16. The summed E-state index contributed by atoms with van der Waals surface area (Å²) in [4.78, 5) is 0. The van der Waals surface area contributed by atoms with E-state index in [1.807, 2.05) is 0 Å². The molecule has 1 rings (SSSR count). The molecule has 2 heteroatoms. The highest BCUT2D eigenvalue weighted by molar-refractivity contribution is 4.87. The van der Waals surface area contributed by atoms with Crippen LogP contribution in [0.15, 0.2) is 12.8 Å². The molecule has 0 amide bonds. The highest BCUT2D eigenvalue weighted by Gasteiger charge is 2.31. The maximum absolute atomic E-state index is 5.10. The summed E-state index contributed by atoms with van der Waals surface area (Å²) in [5.74, 6) is 0. The summed E-state index contributed by atoms with van der Waals surface area (Å²) in [6, 6.07) is 0.690. The van der Waals surface area contributed by atoms with E-state index in [1.165, 1.54) is 31.9 Å². The van der Waals surface area contributed by atoms with Crippen molar-refractivity contribution in [3.05, 3.63) is 12.8 Å². The Morgan fingerprint density at radius 3 is 2.93 bits per heavy atom. The molecule has 1 aliphatic carbocycles. The lowest BCUT2D eigenvalue weighted by Crippen LogP contribution is -2.44. The van der Waals surface area contributed by atoms with Gasteiger partial charge in [-0.1, -0.05) is 33.3 Å². The van der Waals surface area contributed by atoms with E-state index in [0.29, 0.717) is 11.5 Å². The van der Waals surface area contributed by atoms with Crippen molar-refractivity contribution in [3.8, 4) is 0 Å². The van der Waals surface area contributed by atoms with Crippen molar-refractivity contribution < 1.29 is 4.74 Å². The van der Waals surface area contributed by atoms with Gasteiger partial charge in [-0.25, -0.2) is 0 Å². The van der Waals surface area contributed by atoms with E-state index in [2.05, 4.69) is 25.7 Å². The Kier molecular flexibility index (Phi) is 5.16. The molecule has 0 aromatic heterocycles. The van der Waals surface area contributed by atoms with Crippen molar-refractivity contribution in [1.82, 2.24) is 5.32 Å². The second-order valence-electron chi connectivity index (χ2n) is 5.13. The van der Waals surface area contributed by atoms with Gasteiger partial charge in [-0.2, -0.15) is 0 Å². The second-order valence-corrected chi connectivity index (χ2v) is 5.13. The summed E-state index contributed by atoms with van der Waals surface area (Å²) < 4.78 is 5.10. The molecule has 0 saturated heterocycles. The van der Waals surface area contributed by atoms with Gasteiger partial charge >= 0.3 is 0 Å². The van der Waals surface area contributed by atoms with E-state index in [0.717, 1.165) is 19.6 Å². The van der Waals surface area contributed by atoms with Gasteiger partial charge in [0.05, 0.1) is 12.9 Å². The van der Waals surface area contributed by atoms with Crippen LogP contribution in [0.2, 0.25) is 0 Å². The van der Waals surface area contributed by atoms with Crippen LogP contribution in [-0.2, 0) is 4.74 Å². The fraction of sp³-hybridized carbons (Fsp3) is 0.846. The SMILES string of the molecule is C=COCCCNC1CCCCC1(C)C. The van der Waals surface area contributed by atoms with Crippen LogP contribution < -0.4 is 5.32 Å². The minimum absolute atomic E-state index is 0.470. The first-order valence-electron chi connectivity index (χ1n) is 6.13. The molecule has 0 radical (unpaired) electrons. The van der Waals surface area contributed by atoms with Crippen LogP contribution in [0.1, 0.15) is 46.0 Å². The lowest BCUT2D eigenvalue weighted by atomic mass is 9.73. The van der Waals surface area contributed by atoms with Gasteiger partial charge in [0.2, 0.25) is 0 Å². The van der Waals surface area contributed by atoms with Crippen LogP contribution in [0.25, 0.3) is 0 Å². The van der Waals surface area contributed by atoms with Crippen LogP contribution in [-0.4, -0.2) is 19.2 Å². The Morgan fingerprint density at radius 1 is 1.47 bits per heavy atom. The van der Waals surface area contributed by atoms with E-state index >= 15 is 0 Å². The molecule has 1 unspecified atom stereocenters. The molecule has 1 atom stereocenters. The molecule has 15 heavy (non-hydrogen) atoms. The van der Waals surface area contributed by atoms with E-state index in [-0.39, 0.29) is 0 Å². The number of hydrogen-bond donors (Lipinski definition) is 1. The molecular weight excluding hydrogens is 186 g/mol. The number of nitrogens with one attached hydrogen (secondary N) is 1. The van der Waals surface area contributed by atoms with Crippen LogP contribution in [0.3, 0.4) is 0 Å². The lowest BCUT2D eigenvalue weighted by Gasteiger charge is -2.39. The van der Waals surface area contributed by atoms with Gasteiger partial charge in [-0.05, 0) is 31.2 Å². The van der Waals surface area contributed by atoms with E-state index in [1.54, 1.807) is 0 Å². The largest absolute Gasteiger partial charge is 0.502 e. The van der Waals surface area contributed by atoms with Crippen LogP contribution in [0.5, 0.6) is 0 Å². The first kappa shape index (κ1) is 12.6. The van der Waals surface area contributed by atoms with Crippen LogP contribution >= 0.6 is 0 Å². The predicted molar refractivity (Wildman–Crippen MR) is 64.8 cm³/mol. The number of hydrogen-bond acceptors (Lipinski definition) is 2. The van der Waals surface area contributed by atoms with Gasteiger partial charge in [-0.3, -0.25) is 0 Å². The third-order valence-corrected chi connectivity index (χ3v) is 3.45. The monoisotopic (exact) mass is 211 g/mol. The molecule has 0 bridgehead atoms. The number of rotatable bonds is 6. The summed E-state index contributed by atoms with van der Waals surface area (Å²) in [5, 5.41) is 3.66. The minimum Gasteiger partial charge on any atom is -0.502 e. The highest BCUT2D eigenvalue weighted by atomic mass is 16.5. The molecule has 0 spiro atoms. The summed E-state index contributed by atoms with van der Waals surface area (Å²) in [7, 11) is 0. The highest BCUT2D eigenvalue weighted by Crippen LogP contribution is 2.35. The lowest BCUT2D eigenvalue weighted by molar-refractivity contribution is 0.163. The van der Waals surface area contributed by atoms with Crippen molar-refractivity contribution in [2.24, 2.45) is 5.41 Å². The van der Waals surface area contributed by atoms with Gasteiger partial charge in [0.1, 0.15) is 0 Å². The molecule has 0 aromatic carbocycles. The Morgan fingerprint density at radius 2 is 2.27 bits per heavy atom. The maximum atomic E-state index is 5.10. The zero-order chi connectivity index (χ0) is 11.1. The Hall–Kier alpha value is -0.500. The van der Waals surface area contributed by atoms with Gasteiger partial charge < -0.3 is 10.1 Å². The minimum atomic E-state index is 0.470. The topological polar surface area (TPSA) is 21.3 Å². The molecule has 1 fully saturated rings. The van der Waals surface area contributed by atoms with Crippen molar-refractivity contribution in [1.29, 1.82) is 0 Å². The molecule has 88 valence electrons. The van der Waals surface area contributed by atoms with Crippen molar-refractivity contribution in [3.63, 3.8) is 0 Å². The molecule has 0 aromatic rings. The summed E-state index contributed by atoms with van der Waals surface area (Å²) in [6.07, 6.45) is 8.04. The van der Waals surface area contributed by atoms with Crippen molar-refractivity contribution in [2.75, 3.05) is 13.2 Å². The molecule has 0 aliphatic heterocycles. The zero-order valence-corrected chi connectivity index (χ0v) is 10.2. The summed E-state index contributed by atoms with van der Waals surface area (Å²) in [5.41, 5.74) is 0.470. The molecule has 1 aliphatic rings. The van der Waals surface area contributed by atoms with Gasteiger partial charge in [0.25, 0.3) is 0 Å². The van der Waals surface area contributed by atoms with E-state index < -0.39 is 0 Å². The first-order chi connectivity index (χ1) is 7.17. The molecular formula is C13H25NO. The maximum Gasteiger partial charge on any atom is 0.0885 e. The molecule has 1 N–H and O–H groups in total. The average molecular weight is 211 g/mol. The third-order valence-electron chi connectivity index (χ3n) is 3.45. The standard InChI is InChI=1S/C13H25NO/c1-4-15-11-7-10-14-12-8-5-6-9-13(12,2)3/h4,12,14H,1,5-11H2,2-3H3. The van der Waals surface area contributed by atoms with Crippen LogP contribution in [0, 0.1) is 5.41 Å². The van der Waals surface area contributed by atoms with Crippen molar-refractivity contribution in [2.45, 2.75) is 52.0 Å². The zero-order valence-electron chi connectivity index (χ0n) is 10.2. The molecule has 1 saturated carbocycles. The van der Waals surface area contributed by atoms with E-state index in [9.17, 15) is 0 Å². The fourth-order valence-electron chi connectivity index (χ4n) is 2.39. The molecule has 2 nitrogen and oxygen atoms in total. The quantitative estimate of drug-likeness (QED) is 0.538. The fourth-order valence-corrected chi connectivity index (χ4v) is 2.39. The Balaban J connectivity index is 2.16. The summed E-state index contributed by atoms with van der Waals surface area (Å²) >= 11 is 0. The van der Waals surface area contributed by atoms with Crippen LogP contribution in [0.4, 0.5) is 0 Å². The molecule has 0 heterocycles. The van der Waals surface area contributed by atoms with Gasteiger partial charge in [0, 0.05) is 6.04 Å². The Labute approximate surface area is 94.1 Å². The third kappa shape index (κ3) is 4.25. The first-order valence-corrected chi connectivity index (χ1v) is 6.13. The number of ether oxygens (including phenoxy) is 1. The van der Waals surface area contributed by atoms with Gasteiger partial charge in [0.15, 0.2) is 0 Å². The normalized spacial score (nSPS) is 24.8. The predicted octanol–water partition coefficient (Wildman–Crippen LogP) is 3.10. The van der Waals surface area contributed by atoms with Crippen molar-refractivity contribution >= 4 is 0 Å².